The largest absolute Gasteiger partial charge is 0.382 e. The van der Waals surface area contributed by atoms with Crippen molar-refractivity contribution >= 4 is 29.1 Å². The second-order valence-electron chi connectivity index (χ2n) is 7.67. The fraction of sp³-hybridized carbons (Fsp3) is 0.368. The molecule has 1 atom stereocenters. The number of aliphatic hydroxyl groups is 1. The first-order valence-electron chi connectivity index (χ1n) is 9.72. The molecule has 0 spiro atoms. The first-order chi connectivity index (χ1) is 14.6. The van der Waals surface area contributed by atoms with Gasteiger partial charge in [0.15, 0.2) is 23.5 Å². The summed E-state index contributed by atoms with van der Waals surface area (Å²) < 4.78 is 5.52. The predicted octanol–water partition coefficient (Wildman–Crippen LogP) is 2.21. The Bertz CT molecular complexity index is 1130. The molecule has 1 N–H and O–H groups in total. The number of benzene rings is 1. The van der Waals surface area contributed by atoms with Gasteiger partial charge in [0.2, 0.25) is 5.82 Å². The van der Waals surface area contributed by atoms with Gasteiger partial charge in [-0.1, -0.05) is 28.9 Å². The topological polar surface area (TPSA) is 108 Å². The summed E-state index contributed by atoms with van der Waals surface area (Å²) in [5.41, 5.74) is 0.00569. The molecule has 152 valence electrons. The molecule has 11 heteroatoms. The Morgan fingerprint density at radius 2 is 2.07 bits per heavy atom. The van der Waals surface area contributed by atoms with Crippen LogP contribution < -0.4 is 9.91 Å². The van der Waals surface area contributed by atoms with Gasteiger partial charge in [-0.2, -0.15) is 10.2 Å². The number of halogens is 1. The number of hydrogen-bond donors (Lipinski definition) is 1. The molecule has 1 aliphatic carbocycles. The molecule has 1 aromatic heterocycles. The molecule has 30 heavy (non-hydrogen) atoms. The van der Waals surface area contributed by atoms with E-state index >= 15 is 0 Å². The maximum absolute atomic E-state index is 10.8. The Morgan fingerprint density at radius 1 is 1.27 bits per heavy atom. The third-order valence-corrected chi connectivity index (χ3v) is 6.37. The lowest BCUT2D eigenvalue weighted by molar-refractivity contribution is 0.0328. The van der Waals surface area contributed by atoms with Gasteiger partial charge in [-0.15, -0.1) is 0 Å². The Hall–Kier alpha value is -3.29. The molecule has 1 unspecified atom stereocenters. The van der Waals surface area contributed by atoms with Gasteiger partial charge >= 0.3 is 6.01 Å². The number of para-hydroxylation sites is 1. The number of hydrogen-bond acceptors (Lipinski definition) is 10. The van der Waals surface area contributed by atoms with Gasteiger partial charge in [-0.05, 0) is 37.8 Å². The van der Waals surface area contributed by atoms with Gasteiger partial charge in [0, 0.05) is 5.56 Å². The van der Waals surface area contributed by atoms with Crippen molar-refractivity contribution in [1.82, 2.24) is 20.0 Å². The number of alkyl halides is 1. The lowest BCUT2D eigenvalue weighted by Crippen LogP contribution is -2.50. The average Bonchev–Trinajstić information content (AvgIpc) is 3.53. The molecular weight excluding hydrogens is 408 g/mol. The summed E-state index contributed by atoms with van der Waals surface area (Å²) >= 11 is 6.58. The first kappa shape index (κ1) is 17.6. The van der Waals surface area contributed by atoms with Gasteiger partial charge in [0.05, 0.1) is 11.9 Å². The summed E-state index contributed by atoms with van der Waals surface area (Å²) in [7, 11) is 0. The van der Waals surface area contributed by atoms with Crippen LogP contribution in [0.15, 0.2) is 45.8 Å². The summed E-state index contributed by atoms with van der Waals surface area (Å²) in [6, 6.07) is 7.98. The zero-order valence-corrected chi connectivity index (χ0v) is 16.6. The van der Waals surface area contributed by atoms with Crippen LogP contribution >= 0.6 is 11.6 Å². The third-order valence-electron chi connectivity index (χ3n) is 5.96. The van der Waals surface area contributed by atoms with Gasteiger partial charge < -0.3 is 9.63 Å². The number of aliphatic imine (C=N–C) groups is 1. The van der Waals surface area contributed by atoms with E-state index in [1.165, 1.54) is 4.90 Å². The van der Waals surface area contributed by atoms with Crippen LogP contribution in [0.2, 0.25) is 0 Å². The summed E-state index contributed by atoms with van der Waals surface area (Å²) in [4.78, 5) is 12.4. The van der Waals surface area contributed by atoms with Crippen molar-refractivity contribution in [2.45, 2.75) is 36.9 Å². The van der Waals surface area contributed by atoms with Crippen LogP contribution in [0, 0.1) is 11.5 Å². The van der Waals surface area contributed by atoms with Crippen molar-refractivity contribution < 1.29 is 9.63 Å². The molecule has 1 fully saturated rings. The minimum Gasteiger partial charge on any atom is -0.382 e. The van der Waals surface area contributed by atoms with Gasteiger partial charge in [0.1, 0.15) is 12.3 Å². The quantitative estimate of drug-likeness (QED) is 0.440. The molecule has 4 aliphatic rings. The van der Waals surface area contributed by atoms with E-state index in [2.05, 4.69) is 21.3 Å². The van der Waals surface area contributed by atoms with E-state index < -0.39 is 11.2 Å². The Balaban J connectivity index is 1.43. The molecule has 10 nitrogen and oxygen atoms in total. The van der Waals surface area contributed by atoms with E-state index in [1.54, 1.807) is 11.2 Å². The Labute approximate surface area is 176 Å². The summed E-state index contributed by atoms with van der Waals surface area (Å²) in [5, 5.41) is 27.9. The van der Waals surface area contributed by atoms with Crippen molar-refractivity contribution in [3.05, 3.63) is 47.7 Å². The van der Waals surface area contributed by atoms with E-state index in [9.17, 15) is 10.4 Å². The highest BCUT2D eigenvalue weighted by atomic mass is 35.5. The molecule has 0 saturated heterocycles. The van der Waals surface area contributed by atoms with Crippen molar-refractivity contribution in [1.29, 1.82) is 5.26 Å². The van der Waals surface area contributed by atoms with Gasteiger partial charge in [-0.3, -0.25) is 4.90 Å². The van der Waals surface area contributed by atoms with Crippen molar-refractivity contribution in [3.8, 4) is 6.19 Å². The molecular formula is C19H17ClN8O2. The van der Waals surface area contributed by atoms with E-state index in [0.29, 0.717) is 30.3 Å². The number of rotatable bonds is 2. The summed E-state index contributed by atoms with van der Waals surface area (Å²) in [5.74, 6) is 1.66. The molecule has 3 aliphatic heterocycles. The molecule has 0 amide bonds. The Kier molecular flexibility index (Phi) is 3.57. The third kappa shape index (κ3) is 2.24. The average molecular weight is 425 g/mol. The van der Waals surface area contributed by atoms with Crippen molar-refractivity contribution in [2.75, 3.05) is 16.6 Å². The number of nitrogens with zero attached hydrogens (tertiary/aromatic N) is 8. The molecule has 1 aromatic carbocycles. The molecule has 6 rings (SSSR count). The number of hydrazine groups is 1. The SMILES string of the molecule is N#CN1C=C2N(c3ccccc3C3=NCN(c4nc(C5(O)CCCC5)no4)N23)C1Cl. The second-order valence-corrected chi connectivity index (χ2v) is 8.06. The molecule has 4 heterocycles. The fourth-order valence-corrected chi connectivity index (χ4v) is 4.78. The van der Waals surface area contributed by atoms with Crippen LogP contribution in [0.25, 0.3) is 0 Å². The Morgan fingerprint density at radius 3 is 2.87 bits per heavy atom. The summed E-state index contributed by atoms with van der Waals surface area (Å²) in [6.07, 6.45) is 6.87. The number of amidine groups is 1. The standard InChI is InChI=1S/C19H17ClN8O2/c20-17-25(10-21)9-14-27(17)13-6-2-1-5-12(13)15-22-11-26(28(14)15)18-23-16(24-30-18)19(29)7-3-4-8-19/h1-2,5-6,9,17,29H,3-4,7-8,11H2. The van der Waals surface area contributed by atoms with E-state index in [4.69, 9.17) is 16.1 Å². The number of fused-ring (bicyclic) bond motifs is 6. The van der Waals surface area contributed by atoms with Crippen LogP contribution in [0.1, 0.15) is 37.1 Å². The van der Waals surface area contributed by atoms with Gasteiger partial charge in [-0.25, -0.2) is 19.9 Å². The maximum Gasteiger partial charge on any atom is 0.345 e. The zero-order chi connectivity index (χ0) is 20.5. The molecule has 0 bridgehead atoms. The molecule has 0 radical (unpaired) electrons. The minimum atomic E-state index is -1.04. The van der Waals surface area contributed by atoms with E-state index in [0.717, 1.165) is 24.1 Å². The summed E-state index contributed by atoms with van der Waals surface area (Å²) in [6.45, 7) is 0.258. The number of aromatic nitrogens is 2. The van der Waals surface area contributed by atoms with Crippen LogP contribution in [-0.4, -0.2) is 43.3 Å². The smallest absolute Gasteiger partial charge is 0.345 e. The van der Waals surface area contributed by atoms with E-state index in [-0.39, 0.29) is 12.7 Å². The molecule has 2 aromatic rings. The normalized spacial score (nSPS) is 23.7. The van der Waals surface area contributed by atoms with Crippen molar-refractivity contribution in [3.63, 3.8) is 0 Å². The molecule has 1 saturated carbocycles. The van der Waals surface area contributed by atoms with E-state index in [1.807, 2.05) is 34.2 Å². The monoisotopic (exact) mass is 424 g/mol. The fourth-order valence-electron chi connectivity index (χ4n) is 4.47. The van der Waals surface area contributed by atoms with Crippen molar-refractivity contribution in [2.24, 2.45) is 4.99 Å². The maximum atomic E-state index is 10.8. The van der Waals surface area contributed by atoms with Crippen LogP contribution in [-0.2, 0) is 5.60 Å². The highest BCUT2D eigenvalue weighted by Gasteiger charge is 2.47. The van der Waals surface area contributed by atoms with Gasteiger partial charge in [0.25, 0.3) is 0 Å². The second kappa shape index (κ2) is 6.10. The minimum absolute atomic E-state index is 0.228. The lowest BCUT2D eigenvalue weighted by atomic mass is 10.0. The highest BCUT2D eigenvalue weighted by Crippen LogP contribution is 2.44. The number of nitriles is 1. The van der Waals surface area contributed by atoms with Crippen LogP contribution in [0.5, 0.6) is 0 Å². The highest BCUT2D eigenvalue weighted by molar-refractivity contribution is 6.23. The lowest BCUT2D eigenvalue weighted by Gasteiger charge is -2.40. The number of anilines is 2. The predicted molar refractivity (Wildman–Crippen MR) is 106 cm³/mol. The van der Waals surface area contributed by atoms with Crippen LogP contribution in [0.4, 0.5) is 11.7 Å². The zero-order valence-electron chi connectivity index (χ0n) is 15.8. The van der Waals surface area contributed by atoms with Crippen LogP contribution in [0.3, 0.4) is 0 Å². The first-order valence-corrected chi connectivity index (χ1v) is 10.2.